The molecule has 0 radical (unpaired) electrons. The minimum absolute atomic E-state index is 0.159. The third kappa shape index (κ3) is 7.32. The van der Waals surface area contributed by atoms with Gasteiger partial charge in [-0.2, -0.15) is 0 Å². The third-order valence-electron chi connectivity index (χ3n) is 4.75. The molecule has 10 nitrogen and oxygen atoms in total. The monoisotopic (exact) mass is 492 g/mol. The topological polar surface area (TPSA) is 129 Å². The Morgan fingerprint density at radius 3 is 2.22 bits per heavy atom. The quantitative estimate of drug-likeness (QED) is 0.414. The van der Waals surface area contributed by atoms with Gasteiger partial charge in [-0.3, -0.25) is 19.7 Å². The first-order valence-corrected chi connectivity index (χ1v) is 10.7. The lowest BCUT2D eigenvalue weighted by Crippen LogP contribution is -2.34. The fraction of sp³-hybridized carbons (Fsp3) is 0.154. The fourth-order valence-corrected chi connectivity index (χ4v) is 3.01. The van der Waals surface area contributed by atoms with Gasteiger partial charge in [0.2, 0.25) is 0 Å². The van der Waals surface area contributed by atoms with E-state index in [1.54, 1.807) is 42.5 Å². The van der Waals surface area contributed by atoms with Gasteiger partial charge < -0.3 is 24.3 Å². The summed E-state index contributed by atoms with van der Waals surface area (Å²) >= 11 is 0. The zero-order chi connectivity index (χ0) is 25.9. The van der Waals surface area contributed by atoms with Crippen molar-refractivity contribution in [2.24, 2.45) is 0 Å². The van der Waals surface area contributed by atoms with Crippen molar-refractivity contribution in [2.45, 2.75) is 0 Å². The van der Waals surface area contributed by atoms with Crippen LogP contribution in [0.1, 0.15) is 20.7 Å². The zero-order valence-electron chi connectivity index (χ0n) is 19.6. The first kappa shape index (κ1) is 25.8. The van der Waals surface area contributed by atoms with E-state index in [0.29, 0.717) is 22.9 Å². The summed E-state index contributed by atoms with van der Waals surface area (Å²) in [4.78, 5) is 48.6. The molecule has 2 N–H and O–H groups in total. The molecule has 0 aromatic heterocycles. The average molecular weight is 492 g/mol. The number of carbonyl (C=O) groups excluding carboxylic acids is 4. The summed E-state index contributed by atoms with van der Waals surface area (Å²) in [5.74, 6) is -1.34. The summed E-state index contributed by atoms with van der Waals surface area (Å²) in [5.41, 5.74) is 0.897. The highest BCUT2D eigenvalue weighted by Gasteiger charge is 2.16. The van der Waals surface area contributed by atoms with Crippen LogP contribution >= 0.6 is 0 Å². The second-order valence-electron chi connectivity index (χ2n) is 7.25. The summed E-state index contributed by atoms with van der Waals surface area (Å²) < 4.78 is 20.6. The molecule has 0 saturated carbocycles. The first-order chi connectivity index (χ1) is 17.4. The first-order valence-electron chi connectivity index (χ1n) is 10.7. The van der Waals surface area contributed by atoms with Crippen molar-refractivity contribution in [1.82, 2.24) is 5.32 Å². The fourth-order valence-electron chi connectivity index (χ4n) is 3.01. The van der Waals surface area contributed by atoms with Crippen molar-refractivity contribution in [2.75, 3.05) is 32.8 Å². The van der Waals surface area contributed by atoms with E-state index in [0.717, 1.165) is 0 Å². The van der Waals surface area contributed by atoms with Gasteiger partial charge in [0.15, 0.2) is 13.2 Å². The lowest BCUT2D eigenvalue weighted by molar-refractivity contribution is -0.123. The molecular formula is C26H24N2O8. The highest BCUT2D eigenvalue weighted by Crippen LogP contribution is 2.18. The molecule has 0 heterocycles. The third-order valence-corrected chi connectivity index (χ3v) is 4.75. The van der Waals surface area contributed by atoms with Crippen LogP contribution in [-0.4, -0.2) is 51.1 Å². The van der Waals surface area contributed by atoms with Crippen LogP contribution in [-0.2, 0) is 14.3 Å². The van der Waals surface area contributed by atoms with Gasteiger partial charge in [-0.25, -0.2) is 4.79 Å². The van der Waals surface area contributed by atoms with Gasteiger partial charge in [-0.05, 0) is 48.5 Å². The molecule has 0 aliphatic carbocycles. The Balaban J connectivity index is 1.44. The van der Waals surface area contributed by atoms with Crippen LogP contribution < -0.4 is 24.8 Å². The van der Waals surface area contributed by atoms with E-state index in [9.17, 15) is 19.2 Å². The number of benzene rings is 3. The van der Waals surface area contributed by atoms with Crippen LogP contribution in [0.2, 0.25) is 0 Å². The zero-order valence-corrected chi connectivity index (χ0v) is 19.6. The van der Waals surface area contributed by atoms with Crippen LogP contribution in [0.5, 0.6) is 17.2 Å². The molecule has 3 amide bonds. The second kappa shape index (κ2) is 12.6. The molecule has 0 fully saturated rings. The molecule has 0 atom stereocenters. The van der Waals surface area contributed by atoms with Crippen molar-refractivity contribution in [1.29, 1.82) is 0 Å². The Labute approximate surface area is 207 Å². The smallest absolute Gasteiger partial charge is 0.338 e. The summed E-state index contributed by atoms with van der Waals surface area (Å²) in [6.07, 6.45) is 0. The predicted molar refractivity (Wildman–Crippen MR) is 129 cm³/mol. The number of amides is 3. The van der Waals surface area contributed by atoms with Crippen molar-refractivity contribution < 1.29 is 38.1 Å². The van der Waals surface area contributed by atoms with Crippen molar-refractivity contribution in [3.05, 3.63) is 83.9 Å². The normalized spacial score (nSPS) is 10.1. The summed E-state index contributed by atoms with van der Waals surface area (Å²) in [5, 5.41) is 4.83. The molecule has 10 heteroatoms. The van der Waals surface area contributed by atoms with Gasteiger partial charge in [0.1, 0.15) is 17.2 Å². The number of carbonyl (C=O) groups is 4. The van der Waals surface area contributed by atoms with Gasteiger partial charge in [-0.1, -0.05) is 18.2 Å². The van der Waals surface area contributed by atoms with E-state index in [2.05, 4.69) is 10.6 Å². The Hall–Kier alpha value is -4.86. The van der Waals surface area contributed by atoms with Crippen LogP contribution in [0.3, 0.4) is 0 Å². The number of esters is 1. The van der Waals surface area contributed by atoms with Gasteiger partial charge >= 0.3 is 5.97 Å². The van der Waals surface area contributed by atoms with E-state index in [4.69, 9.17) is 18.9 Å². The van der Waals surface area contributed by atoms with E-state index in [-0.39, 0.29) is 23.6 Å². The highest BCUT2D eigenvalue weighted by atomic mass is 16.5. The minimum atomic E-state index is -0.791. The standard InChI is InChI=1S/C26H24N2O8/c1-33-20-7-5-6-18(14-20)27-23(29)15-35-19-12-10-17(11-13-19)26(32)36-16-24(30)28-25(31)21-8-3-4-9-22(21)34-2/h3-14H,15-16H2,1-2H3,(H,27,29)(H,28,30,31). The van der Waals surface area contributed by atoms with E-state index < -0.39 is 24.4 Å². The number of ether oxygens (including phenoxy) is 4. The highest BCUT2D eigenvalue weighted by molar-refractivity contribution is 6.07. The number of nitrogens with one attached hydrogen (secondary N) is 2. The summed E-state index contributed by atoms with van der Waals surface area (Å²) in [7, 11) is 2.94. The molecule has 0 aliphatic rings. The van der Waals surface area contributed by atoms with Crippen LogP contribution in [0.25, 0.3) is 0 Å². The van der Waals surface area contributed by atoms with E-state index in [1.165, 1.54) is 44.6 Å². The van der Waals surface area contributed by atoms with Gasteiger partial charge in [0.25, 0.3) is 17.7 Å². The molecule has 0 aliphatic heterocycles. The maximum atomic E-state index is 12.2. The molecule has 3 aromatic rings. The van der Waals surface area contributed by atoms with Crippen molar-refractivity contribution in [3.8, 4) is 17.2 Å². The largest absolute Gasteiger partial charge is 0.497 e. The number of methoxy groups -OCH3 is 2. The second-order valence-corrected chi connectivity index (χ2v) is 7.25. The van der Waals surface area contributed by atoms with Crippen LogP contribution in [0.4, 0.5) is 5.69 Å². The number of anilines is 1. The number of imide groups is 1. The molecule has 0 unspecified atom stereocenters. The molecule has 0 spiro atoms. The van der Waals surface area contributed by atoms with E-state index in [1.807, 2.05) is 0 Å². The number of para-hydroxylation sites is 1. The van der Waals surface area contributed by atoms with Gasteiger partial charge in [-0.15, -0.1) is 0 Å². The molecule has 0 bridgehead atoms. The molecule has 36 heavy (non-hydrogen) atoms. The lowest BCUT2D eigenvalue weighted by Gasteiger charge is -2.10. The lowest BCUT2D eigenvalue weighted by atomic mass is 10.2. The average Bonchev–Trinajstić information content (AvgIpc) is 2.90. The molecule has 3 rings (SSSR count). The Morgan fingerprint density at radius 2 is 1.50 bits per heavy atom. The molecular weight excluding hydrogens is 468 g/mol. The Kier molecular flexibility index (Phi) is 8.99. The van der Waals surface area contributed by atoms with Gasteiger partial charge in [0.05, 0.1) is 25.3 Å². The Morgan fingerprint density at radius 1 is 0.750 bits per heavy atom. The SMILES string of the molecule is COc1cccc(NC(=O)COc2ccc(C(=O)OCC(=O)NC(=O)c3ccccc3OC)cc2)c1. The van der Waals surface area contributed by atoms with Crippen LogP contribution in [0.15, 0.2) is 72.8 Å². The predicted octanol–water partition coefficient (Wildman–Crippen LogP) is 2.83. The van der Waals surface area contributed by atoms with Crippen molar-refractivity contribution >= 4 is 29.4 Å². The Bertz CT molecular complexity index is 1240. The maximum absolute atomic E-state index is 12.2. The minimum Gasteiger partial charge on any atom is -0.497 e. The van der Waals surface area contributed by atoms with Crippen molar-refractivity contribution in [3.63, 3.8) is 0 Å². The van der Waals surface area contributed by atoms with E-state index >= 15 is 0 Å². The summed E-state index contributed by atoms with van der Waals surface area (Å²) in [6, 6.07) is 19.1. The number of hydrogen-bond acceptors (Lipinski definition) is 8. The van der Waals surface area contributed by atoms with Crippen LogP contribution in [0, 0.1) is 0 Å². The maximum Gasteiger partial charge on any atom is 0.338 e. The number of hydrogen-bond donors (Lipinski definition) is 2. The molecule has 0 saturated heterocycles. The molecule has 3 aromatic carbocycles. The van der Waals surface area contributed by atoms with Gasteiger partial charge in [0, 0.05) is 11.8 Å². The number of rotatable bonds is 10. The summed E-state index contributed by atoms with van der Waals surface area (Å²) in [6.45, 7) is -0.899. The molecule has 186 valence electrons.